The zero-order chi connectivity index (χ0) is 22.5. The number of benzene rings is 1. The second-order valence-corrected chi connectivity index (χ2v) is 8.44. The van der Waals surface area contributed by atoms with Gasteiger partial charge in [0.1, 0.15) is 6.04 Å². The minimum atomic E-state index is -0.318. The Balaban J connectivity index is 1.58. The Morgan fingerprint density at radius 2 is 2.09 bits per heavy atom. The highest BCUT2D eigenvalue weighted by atomic mass is 32.1. The van der Waals surface area contributed by atoms with Crippen LogP contribution in [0.5, 0.6) is 6.01 Å². The second kappa shape index (κ2) is 10.1. The largest absolute Gasteiger partial charge is 0.465 e. The summed E-state index contributed by atoms with van der Waals surface area (Å²) in [5.74, 6) is -0.0360. The van der Waals surface area contributed by atoms with E-state index in [-0.39, 0.29) is 23.5 Å². The lowest BCUT2D eigenvalue weighted by molar-refractivity contribution is -0.122. The zero-order valence-corrected chi connectivity index (χ0v) is 19.1. The van der Waals surface area contributed by atoms with Crippen LogP contribution in [-0.4, -0.2) is 53.4 Å². The van der Waals surface area contributed by atoms with Gasteiger partial charge in [-0.25, -0.2) is 4.98 Å². The first kappa shape index (κ1) is 22.2. The molecule has 1 aromatic carbocycles. The Morgan fingerprint density at radius 3 is 2.84 bits per heavy atom. The molecule has 0 saturated carbocycles. The van der Waals surface area contributed by atoms with Crippen molar-refractivity contribution in [2.75, 3.05) is 31.8 Å². The number of carbonyl (C=O) groups is 1. The van der Waals surface area contributed by atoms with Crippen molar-refractivity contribution >= 4 is 32.7 Å². The van der Waals surface area contributed by atoms with Crippen molar-refractivity contribution in [3.8, 4) is 6.01 Å². The normalized spacial score (nSPS) is 15.9. The Bertz CT molecular complexity index is 1130. The van der Waals surface area contributed by atoms with Gasteiger partial charge in [0.05, 0.1) is 19.8 Å². The highest BCUT2D eigenvalue weighted by Gasteiger charge is 2.33. The summed E-state index contributed by atoms with van der Waals surface area (Å²) in [6.07, 6.45) is 1.63. The van der Waals surface area contributed by atoms with E-state index in [0.29, 0.717) is 48.3 Å². The maximum atomic E-state index is 13.1. The fourth-order valence-corrected chi connectivity index (χ4v) is 4.79. The third kappa shape index (κ3) is 4.61. The number of fused-ring (bicyclic) bond motifs is 1. The van der Waals surface area contributed by atoms with Crippen LogP contribution in [0.25, 0.3) is 10.3 Å². The van der Waals surface area contributed by atoms with Crippen molar-refractivity contribution in [2.24, 2.45) is 0 Å². The van der Waals surface area contributed by atoms with Crippen molar-refractivity contribution in [3.63, 3.8) is 0 Å². The van der Waals surface area contributed by atoms with Gasteiger partial charge in [-0.2, -0.15) is 4.98 Å². The molecule has 0 spiro atoms. The van der Waals surface area contributed by atoms with Gasteiger partial charge in [-0.05, 0) is 25.3 Å². The van der Waals surface area contributed by atoms with Crippen LogP contribution in [0.15, 0.2) is 35.1 Å². The maximum absolute atomic E-state index is 13.1. The number of thiazole rings is 1. The third-order valence-electron chi connectivity index (χ3n) is 5.38. The van der Waals surface area contributed by atoms with Crippen molar-refractivity contribution in [3.05, 3.63) is 46.2 Å². The number of carbonyl (C=O) groups excluding carboxylic acids is 1. The molecular weight excluding hydrogens is 430 g/mol. The average molecular weight is 458 g/mol. The van der Waals surface area contributed by atoms with Crippen LogP contribution < -0.4 is 20.5 Å². The maximum Gasteiger partial charge on any atom is 0.300 e. The number of nitrogens with one attached hydrogen (secondary N) is 1. The van der Waals surface area contributed by atoms with Gasteiger partial charge >= 0.3 is 6.01 Å². The van der Waals surface area contributed by atoms with Crippen LogP contribution in [0.1, 0.15) is 25.3 Å². The lowest BCUT2D eigenvalue weighted by Crippen LogP contribution is -2.43. The van der Waals surface area contributed by atoms with E-state index in [1.807, 2.05) is 42.2 Å². The first-order chi connectivity index (χ1) is 15.6. The SMILES string of the molecule is CCOc1nc2sc(N3CCCC3C(=O)NCc3ccccc3)nc2c(=O)n1CCOC. The van der Waals surface area contributed by atoms with E-state index in [9.17, 15) is 9.59 Å². The van der Waals surface area contributed by atoms with Crippen molar-refractivity contribution in [1.82, 2.24) is 19.9 Å². The molecule has 1 aliphatic heterocycles. The zero-order valence-electron chi connectivity index (χ0n) is 18.2. The quantitative estimate of drug-likeness (QED) is 0.526. The molecule has 9 nitrogen and oxygen atoms in total. The number of hydrogen-bond acceptors (Lipinski definition) is 8. The molecule has 1 saturated heterocycles. The summed E-state index contributed by atoms with van der Waals surface area (Å²) in [5.41, 5.74) is 1.08. The number of nitrogens with zero attached hydrogens (tertiary/aromatic N) is 4. The van der Waals surface area contributed by atoms with E-state index in [1.165, 1.54) is 15.9 Å². The van der Waals surface area contributed by atoms with E-state index >= 15 is 0 Å². The molecule has 1 N–H and O–H groups in total. The fourth-order valence-electron chi connectivity index (χ4n) is 3.79. The van der Waals surface area contributed by atoms with E-state index < -0.39 is 0 Å². The molecular formula is C22H27N5O4S. The molecule has 3 aromatic rings. The molecule has 10 heteroatoms. The van der Waals surface area contributed by atoms with Gasteiger partial charge in [0.2, 0.25) is 5.91 Å². The second-order valence-electron chi connectivity index (χ2n) is 7.48. The Hall–Kier alpha value is -2.98. The number of methoxy groups -OCH3 is 1. The third-order valence-corrected chi connectivity index (χ3v) is 6.36. The predicted molar refractivity (Wildman–Crippen MR) is 123 cm³/mol. The van der Waals surface area contributed by atoms with E-state index in [2.05, 4.69) is 15.3 Å². The van der Waals surface area contributed by atoms with Crippen molar-refractivity contribution < 1.29 is 14.3 Å². The molecule has 1 atom stereocenters. The number of rotatable bonds is 9. The summed E-state index contributed by atoms with van der Waals surface area (Å²) in [6, 6.07) is 9.76. The van der Waals surface area contributed by atoms with Crippen molar-refractivity contribution in [1.29, 1.82) is 0 Å². The van der Waals surface area contributed by atoms with Crippen molar-refractivity contribution in [2.45, 2.75) is 38.9 Å². The van der Waals surface area contributed by atoms with Crippen LogP contribution >= 0.6 is 11.3 Å². The molecule has 32 heavy (non-hydrogen) atoms. The van der Waals surface area contributed by atoms with Gasteiger partial charge in [0.15, 0.2) is 15.5 Å². The molecule has 0 bridgehead atoms. The fraction of sp³-hybridized carbons (Fsp3) is 0.455. The number of amides is 1. The van der Waals surface area contributed by atoms with Crippen LogP contribution in [0, 0.1) is 0 Å². The summed E-state index contributed by atoms with van der Waals surface area (Å²) in [4.78, 5) is 37.6. The number of anilines is 1. The minimum Gasteiger partial charge on any atom is -0.465 e. The average Bonchev–Trinajstić information content (AvgIpc) is 3.45. The standard InChI is InChI=1S/C22H27N5O4S/c1-3-31-21-25-19-17(20(29)27(21)12-13-30-2)24-22(32-19)26-11-7-10-16(26)18(28)23-14-15-8-5-4-6-9-15/h4-6,8-9,16H,3,7,10-14H2,1-2H3,(H,23,28). The Labute approximate surface area is 190 Å². The lowest BCUT2D eigenvalue weighted by Gasteiger charge is -2.23. The molecule has 1 amide bonds. The molecule has 1 aliphatic rings. The van der Waals surface area contributed by atoms with Gasteiger partial charge in [-0.1, -0.05) is 41.7 Å². The van der Waals surface area contributed by atoms with Gasteiger partial charge in [-0.15, -0.1) is 0 Å². The minimum absolute atomic E-state index is 0.0360. The van der Waals surface area contributed by atoms with Crippen LogP contribution in [0.3, 0.4) is 0 Å². The van der Waals surface area contributed by atoms with Gasteiger partial charge in [0, 0.05) is 20.2 Å². The molecule has 0 radical (unpaired) electrons. The van der Waals surface area contributed by atoms with E-state index in [0.717, 1.165) is 18.4 Å². The van der Waals surface area contributed by atoms with E-state index in [1.54, 1.807) is 7.11 Å². The lowest BCUT2D eigenvalue weighted by atomic mass is 10.2. The summed E-state index contributed by atoms with van der Waals surface area (Å²) < 4.78 is 12.2. The summed E-state index contributed by atoms with van der Waals surface area (Å²) in [6.45, 7) is 4.12. The highest BCUT2D eigenvalue weighted by molar-refractivity contribution is 7.21. The molecule has 1 fully saturated rings. The molecule has 1 unspecified atom stereocenters. The monoisotopic (exact) mass is 457 g/mol. The summed E-state index contributed by atoms with van der Waals surface area (Å²) in [5, 5.41) is 3.66. The Morgan fingerprint density at radius 1 is 1.28 bits per heavy atom. The molecule has 0 aliphatic carbocycles. The first-order valence-electron chi connectivity index (χ1n) is 10.7. The van der Waals surface area contributed by atoms with Crippen LogP contribution in [0.2, 0.25) is 0 Å². The van der Waals surface area contributed by atoms with Gasteiger partial charge in [-0.3, -0.25) is 14.2 Å². The predicted octanol–water partition coefficient (Wildman–Crippen LogP) is 2.18. The molecule has 4 rings (SSSR count). The van der Waals surface area contributed by atoms with Gasteiger partial charge < -0.3 is 19.7 Å². The van der Waals surface area contributed by atoms with Gasteiger partial charge in [0.25, 0.3) is 5.56 Å². The first-order valence-corrected chi connectivity index (χ1v) is 11.6. The smallest absolute Gasteiger partial charge is 0.300 e. The molecule has 170 valence electrons. The highest BCUT2D eigenvalue weighted by Crippen LogP contribution is 2.32. The summed E-state index contributed by atoms with van der Waals surface area (Å²) in [7, 11) is 1.58. The number of hydrogen-bond donors (Lipinski definition) is 1. The molecule has 2 aromatic heterocycles. The van der Waals surface area contributed by atoms with Crippen LogP contribution in [0.4, 0.5) is 5.13 Å². The summed E-state index contributed by atoms with van der Waals surface area (Å²) >= 11 is 1.32. The van der Waals surface area contributed by atoms with E-state index in [4.69, 9.17) is 9.47 Å². The van der Waals surface area contributed by atoms with Crippen LogP contribution in [-0.2, 0) is 22.6 Å². The number of ether oxygens (including phenoxy) is 2. The Kier molecular flexibility index (Phi) is 7.01. The molecule has 3 heterocycles. The number of aromatic nitrogens is 3. The topological polar surface area (TPSA) is 98.6 Å².